The molecule has 1 aromatic heterocycles. The van der Waals surface area contributed by atoms with Crippen LogP contribution in [-0.2, 0) is 0 Å². The van der Waals surface area contributed by atoms with E-state index in [1.54, 1.807) is 6.08 Å². The molecule has 1 nitrogen and oxygen atoms in total. The molecule has 2 aromatic rings. The Labute approximate surface area is 106 Å². The molecule has 0 spiro atoms. The van der Waals surface area contributed by atoms with Crippen LogP contribution in [0.5, 0.6) is 0 Å². The van der Waals surface area contributed by atoms with E-state index in [0.29, 0.717) is 5.02 Å². The van der Waals surface area contributed by atoms with E-state index < -0.39 is 0 Å². The fourth-order valence-electron chi connectivity index (χ4n) is 1.80. The maximum Gasteiger partial charge on any atom is 0.0499 e. The summed E-state index contributed by atoms with van der Waals surface area (Å²) in [4.78, 5) is 3.20. The van der Waals surface area contributed by atoms with Gasteiger partial charge in [0, 0.05) is 27.7 Å². The highest BCUT2D eigenvalue weighted by Gasteiger charge is 2.09. The molecule has 0 fully saturated rings. The minimum atomic E-state index is 0.696. The highest BCUT2D eigenvalue weighted by atomic mass is 35.5. The van der Waals surface area contributed by atoms with Crippen molar-refractivity contribution in [2.24, 2.45) is 0 Å². The fourth-order valence-corrected chi connectivity index (χ4v) is 2.04. The Balaban J connectivity index is 2.71. The summed E-state index contributed by atoms with van der Waals surface area (Å²) < 4.78 is 0. The average Bonchev–Trinajstić information content (AvgIpc) is 2.69. The van der Waals surface area contributed by atoms with E-state index in [1.165, 1.54) is 0 Å². The Morgan fingerprint density at radius 1 is 1.35 bits per heavy atom. The number of H-pyrrole nitrogens is 1. The zero-order valence-electron chi connectivity index (χ0n) is 9.81. The van der Waals surface area contributed by atoms with Crippen molar-refractivity contribution < 1.29 is 0 Å². The van der Waals surface area contributed by atoms with E-state index in [0.717, 1.165) is 33.2 Å². The lowest BCUT2D eigenvalue weighted by Gasteiger charge is -2.04. The molecule has 0 saturated heterocycles. The highest BCUT2D eigenvalue weighted by Crippen LogP contribution is 2.31. The topological polar surface area (TPSA) is 15.8 Å². The van der Waals surface area contributed by atoms with E-state index in [1.807, 2.05) is 25.3 Å². The molecule has 1 heterocycles. The van der Waals surface area contributed by atoms with Crippen LogP contribution in [-0.4, -0.2) is 4.98 Å². The van der Waals surface area contributed by atoms with Crippen LogP contribution >= 0.6 is 11.6 Å². The standard InChI is InChI=1S/C15H14ClN/c1-5-11-6-12-13(10(4)9(2)3)8-17-15(12)7-14(11)16/h5-8,17H,1-2,4H2,3H3. The predicted octanol–water partition coefficient (Wildman–Crippen LogP) is 5.05. The minimum Gasteiger partial charge on any atom is -0.360 e. The van der Waals surface area contributed by atoms with Crippen molar-refractivity contribution in [3.8, 4) is 0 Å². The highest BCUT2D eigenvalue weighted by molar-refractivity contribution is 6.32. The van der Waals surface area contributed by atoms with E-state index in [9.17, 15) is 0 Å². The monoisotopic (exact) mass is 243 g/mol. The maximum atomic E-state index is 6.12. The van der Waals surface area contributed by atoms with Gasteiger partial charge in [0.05, 0.1) is 0 Å². The molecule has 0 bridgehead atoms. The van der Waals surface area contributed by atoms with Crippen molar-refractivity contribution >= 4 is 34.2 Å². The Morgan fingerprint density at radius 2 is 2.06 bits per heavy atom. The number of hydrogen-bond acceptors (Lipinski definition) is 0. The minimum absolute atomic E-state index is 0.696. The van der Waals surface area contributed by atoms with Gasteiger partial charge in [0.25, 0.3) is 0 Å². The van der Waals surface area contributed by atoms with Gasteiger partial charge in [0.2, 0.25) is 0 Å². The van der Waals surface area contributed by atoms with E-state index in [-0.39, 0.29) is 0 Å². The predicted molar refractivity (Wildman–Crippen MR) is 77.2 cm³/mol. The van der Waals surface area contributed by atoms with Gasteiger partial charge in [-0.2, -0.15) is 0 Å². The van der Waals surface area contributed by atoms with Gasteiger partial charge in [-0.1, -0.05) is 43.0 Å². The molecule has 0 unspecified atom stereocenters. The molecule has 0 aliphatic rings. The number of allylic oxidation sites excluding steroid dienone is 2. The van der Waals surface area contributed by atoms with E-state index in [2.05, 4.69) is 24.7 Å². The molecule has 86 valence electrons. The van der Waals surface area contributed by atoms with Crippen LogP contribution in [0.2, 0.25) is 5.02 Å². The van der Waals surface area contributed by atoms with Gasteiger partial charge in [-0.3, -0.25) is 0 Å². The number of rotatable bonds is 3. The number of aromatic amines is 1. The fraction of sp³-hybridized carbons (Fsp3) is 0.0667. The zero-order chi connectivity index (χ0) is 12.6. The number of hydrogen-bond donors (Lipinski definition) is 1. The van der Waals surface area contributed by atoms with Crippen LogP contribution in [0, 0.1) is 0 Å². The van der Waals surface area contributed by atoms with Gasteiger partial charge in [-0.05, 0) is 30.2 Å². The normalized spacial score (nSPS) is 10.5. The maximum absolute atomic E-state index is 6.12. The Hall–Kier alpha value is -1.73. The van der Waals surface area contributed by atoms with Crippen LogP contribution < -0.4 is 0 Å². The van der Waals surface area contributed by atoms with E-state index >= 15 is 0 Å². The Kier molecular flexibility index (Phi) is 2.95. The lowest BCUT2D eigenvalue weighted by molar-refractivity contribution is 1.45. The molecule has 1 aromatic carbocycles. The first-order chi connectivity index (χ1) is 8.04. The molecule has 0 aliphatic heterocycles. The third-order valence-corrected chi connectivity index (χ3v) is 3.19. The molecule has 1 N–H and O–H groups in total. The Bertz CT molecular complexity index is 632. The summed E-state index contributed by atoms with van der Waals surface area (Å²) in [5.74, 6) is 0. The van der Waals surface area contributed by atoms with Crippen molar-refractivity contribution in [1.82, 2.24) is 4.98 Å². The third-order valence-electron chi connectivity index (χ3n) is 2.86. The van der Waals surface area contributed by atoms with Crippen LogP contribution in [0.3, 0.4) is 0 Å². The van der Waals surface area contributed by atoms with Crippen molar-refractivity contribution in [3.63, 3.8) is 0 Å². The number of halogens is 1. The molecule has 0 amide bonds. The van der Waals surface area contributed by atoms with Crippen LogP contribution in [0.1, 0.15) is 18.1 Å². The van der Waals surface area contributed by atoms with Gasteiger partial charge in [0.1, 0.15) is 0 Å². The van der Waals surface area contributed by atoms with Gasteiger partial charge in [-0.25, -0.2) is 0 Å². The second kappa shape index (κ2) is 4.27. The summed E-state index contributed by atoms with van der Waals surface area (Å²) in [6, 6.07) is 3.92. The summed E-state index contributed by atoms with van der Waals surface area (Å²) in [6.07, 6.45) is 3.69. The molecular weight excluding hydrogens is 230 g/mol. The molecule has 2 heteroatoms. The first-order valence-corrected chi connectivity index (χ1v) is 5.70. The SMILES string of the molecule is C=Cc1cc2c(C(=C)C(=C)C)c[nH]c2cc1Cl. The molecule has 0 aliphatic carbocycles. The lowest BCUT2D eigenvalue weighted by Crippen LogP contribution is -1.82. The number of aromatic nitrogens is 1. The molecule has 0 saturated carbocycles. The second-order valence-corrected chi connectivity index (χ2v) is 4.49. The number of nitrogens with one attached hydrogen (secondary N) is 1. The third kappa shape index (κ3) is 1.94. The van der Waals surface area contributed by atoms with Crippen molar-refractivity contribution in [1.29, 1.82) is 0 Å². The van der Waals surface area contributed by atoms with E-state index in [4.69, 9.17) is 11.6 Å². The summed E-state index contributed by atoms with van der Waals surface area (Å²) in [6.45, 7) is 13.7. The van der Waals surface area contributed by atoms with Crippen molar-refractivity contribution in [2.75, 3.05) is 0 Å². The van der Waals surface area contributed by atoms with Crippen LogP contribution in [0.25, 0.3) is 22.6 Å². The first kappa shape index (κ1) is 11.7. The summed E-state index contributed by atoms with van der Waals surface area (Å²) in [5, 5.41) is 1.79. The first-order valence-electron chi connectivity index (χ1n) is 5.33. The molecule has 17 heavy (non-hydrogen) atoms. The smallest absolute Gasteiger partial charge is 0.0499 e. The number of benzene rings is 1. The largest absolute Gasteiger partial charge is 0.360 e. The van der Waals surface area contributed by atoms with Gasteiger partial charge in [0.15, 0.2) is 0 Å². The Morgan fingerprint density at radius 3 is 2.65 bits per heavy atom. The molecule has 2 rings (SSSR count). The van der Waals surface area contributed by atoms with Crippen LogP contribution in [0.4, 0.5) is 0 Å². The van der Waals surface area contributed by atoms with Gasteiger partial charge in [-0.15, -0.1) is 0 Å². The molecule has 0 atom stereocenters. The van der Waals surface area contributed by atoms with Crippen molar-refractivity contribution in [3.05, 3.63) is 59.8 Å². The summed E-state index contributed by atoms with van der Waals surface area (Å²) in [7, 11) is 0. The summed E-state index contributed by atoms with van der Waals surface area (Å²) >= 11 is 6.12. The van der Waals surface area contributed by atoms with Crippen molar-refractivity contribution in [2.45, 2.75) is 6.92 Å². The van der Waals surface area contributed by atoms with Gasteiger partial charge < -0.3 is 4.98 Å². The molecule has 0 radical (unpaired) electrons. The lowest BCUT2D eigenvalue weighted by atomic mass is 10.0. The number of fused-ring (bicyclic) bond motifs is 1. The van der Waals surface area contributed by atoms with Gasteiger partial charge >= 0.3 is 0 Å². The average molecular weight is 244 g/mol. The summed E-state index contributed by atoms with van der Waals surface area (Å²) in [5.41, 5.74) is 4.88. The quantitative estimate of drug-likeness (QED) is 0.726. The molecular formula is C15H14ClN. The second-order valence-electron chi connectivity index (χ2n) is 4.08. The van der Waals surface area contributed by atoms with Crippen LogP contribution in [0.15, 0.2) is 43.6 Å². The zero-order valence-corrected chi connectivity index (χ0v) is 10.6.